The quantitative estimate of drug-likeness (QED) is 0.809. The van der Waals surface area contributed by atoms with Crippen molar-refractivity contribution in [3.8, 4) is 0 Å². The minimum absolute atomic E-state index is 0.0600. The molecule has 20 heavy (non-hydrogen) atoms. The van der Waals surface area contributed by atoms with Gasteiger partial charge in [0.05, 0.1) is 0 Å². The minimum atomic E-state index is -0.580. The number of benzene rings is 1. The van der Waals surface area contributed by atoms with Gasteiger partial charge in [-0.05, 0) is 36.3 Å². The fourth-order valence-corrected chi connectivity index (χ4v) is 3.00. The maximum absolute atomic E-state index is 12.1. The van der Waals surface area contributed by atoms with Crippen molar-refractivity contribution < 1.29 is 4.79 Å². The Balaban J connectivity index is 1.93. The molecule has 0 heterocycles. The monoisotopic (exact) mass is 293 g/mol. The molecule has 1 N–H and O–H groups in total. The molecule has 1 amide bonds. The van der Waals surface area contributed by atoms with E-state index in [1.54, 1.807) is 0 Å². The first-order chi connectivity index (χ1) is 9.56. The number of amides is 1. The summed E-state index contributed by atoms with van der Waals surface area (Å²) >= 11 is 6.28. The second-order valence-corrected chi connectivity index (χ2v) is 6.63. The molecule has 0 aromatic heterocycles. The van der Waals surface area contributed by atoms with E-state index in [9.17, 15) is 4.79 Å². The van der Waals surface area contributed by atoms with Crippen LogP contribution >= 0.6 is 11.6 Å². The Morgan fingerprint density at radius 1 is 1.25 bits per heavy atom. The second kappa shape index (κ2) is 7.12. The van der Waals surface area contributed by atoms with Gasteiger partial charge in [0.1, 0.15) is 5.38 Å². The second-order valence-electron chi connectivity index (χ2n) is 6.19. The summed E-state index contributed by atoms with van der Waals surface area (Å²) in [6, 6.07) is 8.43. The molecule has 1 atom stereocenters. The molecule has 0 aliphatic heterocycles. The number of hydrogen-bond acceptors (Lipinski definition) is 1. The van der Waals surface area contributed by atoms with E-state index in [0.29, 0.717) is 12.0 Å². The van der Waals surface area contributed by atoms with Crippen LogP contribution in [0, 0.1) is 5.92 Å². The number of rotatable bonds is 5. The first kappa shape index (κ1) is 15.4. The van der Waals surface area contributed by atoms with Gasteiger partial charge in [-0.1, -0.05) is 51.0 Å². The molecular weight excluding hydrogens is 270 g/mol. The van der Waals surface area contributed by atoms with Gasteiger partial charge in [0.2, 0.25) is 5.91 Å². The summed E-state index contributed by atoms with van der Waals surface area (Å²) in [5.41, 5.74) is 2.18. The van der Waals surface area contributed by atoms with E-state index >= 15 is 0 Å². The van der Waals surface area contributed by atoms with Crippen LogP contribution in [0.15, 0.2) is 24.3 Å². The summed E-state index contributed by atoms with van der Waals surface area (Å²) in [6.07, 6.45) is 5.65. The third-order valence-electron chi connectivity index (χ3n) is 3.85. The smallest absolute Gasteiger partial charge is 0.242 e. The van der Waals surface area contributed by atoms with Crippen LogP contribution in [0.25, 0.3) is 0 Å². The third-order valence-corrected chi connectivity index (χ3v) is 4.30. The highest BCUT2D eigenvalue weighted by atomic mass is 35.5. The van der Waals surface area contributed by atoms with Crippen molar-refractivity contribution in [2.24, 2.45) is 5.92 Å². The molecule has 0 spiro atoms. The summed E-state index contributed by atoms with van der Waals surface area (Å²) in [5, 5.41) is 2.47. The van der Waals surface area contributed by atoms with Crippen LogP contribution in [-0.4, -0.2) is 11.9 Å². The summed E-state index contributed by atoms with van der Waals surface area (Å²) in [4.78, 5) is 12.1. The molecule has 1 unspecified atom stereocenters. The highest BCUT2D eigenvalue weighted by molar-refractivity contribution is 6.30. The van der Waals surface area contributed by atoms with Gasteiger partial charge in [0.15, 0.2) is 0 Å². The number of nitrogens with one attached hydrogen (secondary N) is 1. The highest BCUT2D eigenvalue weighted by Gasteiger charge is 2.22. The van der Waals surface area contributed by atoms with Gasteiger partial charge in [-0.2, -0.15) is 0 Å². The average molecular weight is 294 g/mol. The van der Waals surface area contributed by atoms with Crippen LogP contribution in [0.1, 0.15) is 56.0 Å². The number of carbonyl (C=O) groups excluding carboxylic acids is 1. The largest absolute Gasteiger partial charge is 0.352 e. The van der Waals surface area contributed by atoms with Crippen molar-refractivity contribution in [2.45, 2.75) is 57.4 Å². The van der Waals surface area contributed by atoms with E-state index in [1.165, 1.54) is 18.4 Å². The summed E-state index contributed by atoms with van der Waals surface area (Å²) in [5.74, 6) is 0.577. The third kappa shape index (κ3) is 4.24. The lowest BCUT2D eigenvalue weighted by Crippen LogP contribution is -2.34. The minimum Gasteiger partial charge on any atom is -0.352 e. The zero-order valence-electron chi connectivity index (χ0n) is 12.4. The van der Waals surface area contributed by atoms with Crippen LogP contribution in [0.2, 0.25) is 0 Å². The highest BCUT2D eigenvalue weighted by Crippen LogP contribution is 2.24. The lowest BCUT2D eigenvalue weighted by Gasteiger charge is -2.16. The molecule has 2 rings (SSSR count). The molecule has 3 heteroatoms. The lowest BCUT2D eigenvalue weighted by atomic mass is 10.0. The molecule has 0 radical (unpaired) electrons. The first-order valence-corrected chi connectivity index (χ1v) is 8.03. The maximum Gasteiger partial charge on any atom is 0.242 e. The normalized spacial score (nSPS) is 17.4. The van der Waals surface area contributed by atoms with Crippen molar-refractivity contribution in [3.63, 3.8) is 0 Å². The summed E-state index contributed by atoms with van der Waals surface area (Å²) < 4.78 is 0. The molecule has 0 bridgehead atoms. The Morgan fingerprint density at radius 3 is 2.40 bits per heavy atom. The SMILES string of the molecule is CC(C)Cc1ccc(C(Cl)C(=O)NC2CCCC2)cc1. The van der Waals surface area contributed by atoms with Gasteiger partial charge in [-0.3, -0.25) is 4.79 Å². The predicted molar refractivity (Wildman–Crippen MR) is 84.0 cm³/mol. The molecule has 2 nitrogen and oxygen atoms in total. The van der Waals surface area contributed by atoms with Crippen LogP contribution in [0.3, 0.4) is 0 Å². The van der Waals surface area contributed by atoms with E-state index in [-0.39, 0.29) is 5.91 Å². The standard InChI is InChI=1S/C17H24ClNO/c1-12(2)11-13-7-9-14(10-8-13)16(18)17(20)19-15-5-3-4-6-15/h7-10,12,15-16H,3-6,11H2,1-2H3,(H,19,20). The number of halogens is 1. The van der Waals surface area contributed by atoms with Gasteiger partial charge >= 0.3 is 0 Å². The number of carbonyl (C=O) groups is 1. The Morgan fingerprint density at radius 2 is 1.85 bits per heavy atom. The molecule has 1 aliphatic rings. The van der Waals surface area contributed by atoms with E-state index in [1.807, 2.05) is 12.1 Å². The molecule has 1 fully saturated rings. The van der Waals surface area contributed by atoms with Crippen LogP contribution < -0.4 is 5.32 Å². The van der Waals surface area contributed by atoms with Crippen LogP contribution in [0.5, 0.6) is 0 Å². The van der Waals surface area contributed by atoms with Crippen molar-refractivity contribution in [1.29, 1.82) is 0 Å². The first-order valence-electron chi connectivity index (χ1n) is 7.59. The number of alkyl halides is 1. The van der Waals surface area contributed by atoms with Gasteiger partial charge in [0, 0.05) is 6.04 Å². The Bertz CT molecular complexity index is 435. The van der Waals surface area contributed by atoms with Crippen molar-refractivity contribution in [3.05, 3.63) is 35.4 Å². The molecule has 110 valence electrons. The van der Waals surface area contributed by atoms with Crippen LogP contribution in [0.4, 0.5) is 0 Å². The lowest BCUT2D eigenvalue weighted by molar-refractivity contribution is -0.121. The zero-order valence-corrected chi connectivity index (χ0v) is 13.1. The van der Waals surface area contributed by atoms with E-state index in [2.05, 4.69) is 31.3 Å². The van der Waals surface area contributed by atoms with Crippen LogP contribution in [-0.2, 0) is 11.2 Å². The van der Waals surface area contributed by atoms with Crippen molar-refractivity contribution >= 4 is 17.5 Å². The van der Waals surface area contributed by atoms with E-state index < -0.39 is 5.38 Å². The van der Waals surface area contributed by atoms with E-state index in [4.69, 9.17) is 11.6 Å². The molecule has 1 aliphatic carbocycles. The molecule has 1 aromatic rings. The predicted octanol–water partition coefficient (Wildman–Crippen LogP) is 4.22. The molecular formula is C17H24ClNO. The van der Waals surface area contributed by atoms with Crippen molar-refractivity contribution in [2.75, 3.05) is 0 Å². The zero-order chi connectivity index (χ0) is 14.5. The topological polar surface area (TPSA) is 29.1 Å². The fraction of sp³-hybridized carbons (Fsp3) is 0.588. The maximum atomic E-state index is 12.1. The Labute approximate surface area is 126 Å². The van der Waals surface area contributed by atoms with Gasteiger partial charge in [0.25, 0.3) is 0 Å². The average Bonchev–Trinajstić information content (AvgIpc) is 2.91. The summed E-state index contributed by atoms with van der Waals surface area (Å²) in [7, 11) is 0. The van der Waals surface area contributed by atoms with Gasteiger partial charge in [-0.25, -0.2) is 0 Å². The Hall–Kier alpha value is -1.02. The van der Waals surface area contributed by atoms with E-state index in [0.717, 1.165) is 24.8 Å². The Kier molecular flexibility index (Phi) is 5.47. The van der Waals surface area contributed by atoms with Crippen molar-refractivity contribution in [1.82, 2.24) is 5.32 Å². The summed E-state index contributed by atoms with van der Waals surface area (Å²) in [6.45, 7) is 4.40. The molecule has 1 saturated carbocycles. The molecule has 1 aromatic carbocycles. The molecule has 0 saturated heterocycles. The number of hydrogen-bond donors (Lipinski definition) is 1. The fourth-order valence-electron chi connectivity index (χ4n) is 2.79. The van der Waals surface area contributed by atoms with Gasteiger partial charge < -0.3 is 5.32 Å². The van der Waals surface area contributed by atoms with Gasteiger partial charge in [-0.15, -0.1) is 11.6 Å².